The molecule has 0 saturated heterocycles. The minimum atomic E-state index is 0.117. The summed E-state index contributed by atoms with van der Waals surface area (Å²) in [6.07, 6.45) is 5.62. The smallest absolute Gasteiger partial charge is 0.120 e. The largest absolute Gasteiger partial charge is 0.508 e. The number of fused-ring (bicyclic) bond motifs is 3. The molecule has 0 radical (unpaired) electrons. The summed E-state index contributed by atoms with van der Waals surface area (Å²) in [4.78, 5) is 0. The van der Waals surface area contributed by atoms with E-state index in [2.05, 4.69) is 53.1 Å². The Balaban J connectivity index is 1.51. The van der Waals surface area contributed by atoms with Crippen molar-refractivity contribution in [3.05, 3.63) is 96.1 Å². The van der Waals surface area contributed by atoms with Gasteiger partial charge in [0.25, 0.3) is 0 Å². The van der Waals surface area contributed by atoms with Crippen LogP contribution in [0.5, 0.6) is 5.75 Å². The molecule has 2 aliphatic rings. The maximum absolute atomic E-state index is 10.4. The molecule has 0 spiro atoms. The Morgan fingerprint density at radius 2 is 1.67 bits per heavy atom. The SMILES string of the molecule is Oc1ccccc1C1Nc2ccc(Nc3ccccc3)cc2C2C=CCC21. The number of rotatable bonds is 3. The fraction of sp³-hybridized carbons (Fsp3) is 0.167. The van der Waals surface area contributed by atoms with E-state index in [0.29, 0.717) is 17.6 Å². The van der Waals surface area contributed by atoms with E-state index in [4.69, 9.17) is 0 Å². The van der Waals surface area contributed by atoms with Gasteiger partial charge in [-0.3, -0.25) is 0 Å². The van der Waals surface area contributed by atoms with Crippen molar-refractivity contribution in [1.29, 1.82) is 0 Å². The van der Waals surface area contributed by atoms with Crippen LogP contribution in [-0.2, 0) is 0 Å². The molecule has 0 aromatic heterocycles. The van der Waals surface area contributed by atoms with Gasteiger partial charge in [0.15, 0.2) is 0 Å². The van der Waals surface area contributed by atoms with Crippen LogP contribution < -0.4 is 10.6 Å². The van der Waals surface area contributed by atoms with E-state index in [1.165, 1.54) is 5.56 Å². The highest BCUT2D eigenvalue weighted by molar-refractivity contribution is 5.69. The molecule has 3 aromatic rings. The number of phenolic OH excluding ortho intramolecular Hbond substituents is 1. The van der Waals surface area contributed by atoms with E-state index >= 15 is 0 Å². The molecule has 3 atom stereocenters. The number of phenols is 1. The fourth-order valence-electron chi connectivity index (χ4n) is 4.42. The van der Waals surface area contributed by atoms with Crippen molar-refractivity contribution < 1.29 is 5.11 Å². The summed E-state index contributed by atoms with van der Waals surface area (Å²) in [6, 6.07) is 24.5. The number of hydrogen-bond acceptors (Lipinski definition) is 3. The van der Waals surface area contributed by atoms with Gasteiger partial charge in [0.1, 0.15) is 5.75 Å². The van der Waals surface area contributed by atoms with Gasteiger partial charge in [-0.2, -0.15) is 0 Å². The van der Waals surface area contributed by atoms with Crippen molar-refractivity contribution in [2.75, 3.05) is 10.6 Å². The van der Waals surface area contributed by atoms with Gasteiger partial charge in [-0.05, 0) is 54.3 Å². The zero-order chi connectivity index (χ0) is 18.2. The van der Waals surface area contributed by atoms with Crippen molar-refractivity contribution in [2.45, 2.75) is 18.4 Å². The highest BCUT2D eigenvalue weighted by Crippen LogP contribution is 2.51. The third-order valence-electron chi connectivity index (χ3n) is 5.70. The lowest BCUT2D eigenvalue weighted by Crippen LogP contribution is -2.29. The van der Waals surface area contributed by atoms with E-state index in [1.54, 1.807) is 6.07 Å². The minimum Gasteiger partial charge on any atom is -0.508 e. The number of hydrogen-bond donors (Lipinski definition) is 3. The highest BCUT2D eigenvalue weighted by Gasteiger charge is 2.38. The highest BCUT2D eigenvalue weighted by atomic mass is 16.3. The van der Waals surface area contributed by atoms with Gasteiger partial charge in [0.05, 0.1) is 6.04 Å². The molecule has 1 aliphatic carbocycles. The third-order valence-corrected chi connectivity index (χ3v) is 5.70. The quantitative estimate of drug-likeness (QED) is 0.508. The Bertz CT molecular complexity index is 996. The van der Waals surface area contributed by atoms with Crippen LogP contribution in [0.2, 0.25) is 0 Å². The van der Waals surface area contributed by atoms with Crippen LogP contribution in [-0.4, -0.2) is 5.11 Å². The second-order valence-electron chi connectivity index (χ2n) is 7.33. The molecule has 0 fully saturated rings. The zero-order valence-electron chi connectivity index (χ0n) is 15.0. The standard InChI is InChI=1S/C24H22N2O/c27-23-12-5-4-9-20(23)24-19-11-6-10-18(19)21-15-17(13-14-22(21)26-24)25-16-7-2-1-3-8-16/h1-10,12-15,18-19,24-27H,11H2. The summed E-state index contributed by atoms with van der Waals surface area (Å²) in [5.74, 6) is 1.15. The first-order valence-electron chi connectivity index (χ1n) is 9.47. The van der Waals surface area contributed by atoms with Gasteiger partial charge >= 0.3 is 0 Å². The molecule has 3 heteroatoms. The van der Waals surface area contributed by atoms with Crippen LogP contribution in [0.3, 0.4) is 0 Å². The molecule has 5 rings (SSSR count). The van der Waals surface area contributed by atoms with E-state index in [9.17, 15) is 5.11 Å². The molecular weight excluding hydrogens is 332 g/mol. The van der Waals surface area contributed by atoms with E-state index in [1.807, 2.05) is 36.4 Å². The Morgan fingerprint density at radius 3 is 2.52 bits per heavy atom. The summed E-state index contributed by atoms with van der Waals surface area (Å²) >= 11 is 0. The van der Waals surface area contributed by atoms with Crippen LogP contribution in [0.15, 0.2) is 84.9 Å². The molecule has 1 heterocycles. The number of allylic oxidation sites excluding steroid dienone is 2. The fourth-order valence-corrected chi connectivity index (χ4v) is 4.42. The van der Waals surface area contributed by atoms with E-state index < -0.39 is 0 Å². The van der Waals surface area contributed by atoms with Gasteiger partial charge < -0.3 is 15.7 Å². The number of anilines is 3. The maximum atomic E-state index is 10.4. The second kappa shape index (κ2) is 6.51. The monoisotopic (exact) mass is 354 g/mol. The Kier molecular flexibility index (Phi) is 3.86. The number of benzene rings is 3. The lowest BCUT2D eigenvalue weighted by atomic mass is 9.76. The minimum absolute atomic E-state index is 0.117. The Hall–Kier alpha value is -3.20. The Labute approximate surface area is 159 Å². The van der Waals surface area contributed by atoms with Crippen molar-refractivity contribution in [3.8, 4) is 5.75 Å². The average molecular weight is 354 g/mol. The number of aromatic hydroxyl groups is 1. The predicted octanol–water partition coefficient (Wildman–Crippen LogP) is 5.96. The van der Waals surface area contributed by atoms with Crippen molar-refractivity contribution >= 4 is 17.1 Å². The van der Waals surface area contributed by atoms with Gasteiger partial charge in [-0.1, -0.05) is 48.6 Å². The maximum Gasteiger partial charge on any atom is 0.120 e. The van der Waals surface area contributed by atoms with Crippen molar-refractivity contribution in [2.24, 2.45) is 5.92 Å². The summed E-state index contributed by atoms with van der Waals surface area (Å²) in [7, 11) is 0. The molecule has 3 aromatic carbocycles. The lowest BCUT2D eigenvalue weighted by Gasteiger charge is -2.38. The summed E-state index contributed by atoms with van der Waals surface area (Å²) < 4.78 is 0. The van der Waals surface area contributed by atoms with Crippen LogP contribution in [0.1, 0.15) is 29.5 Å². The lowest BCUT2D eigenvalue weighted by molar-refractivity contribution is 0.402. The first kappa shape index (κ1) is 16.0. The second-order valence-corrected chi connectivity index (χ2v) is 7.33. The molecule has 27 heavy (non-hydrogen) atoms. The van der Waals surface area contributed by atoms with Crippen LogP contribution in [0, 0.1) is 5.92 Å². The molecule has 1 aliphatic heterocycles. The van der Waals surface area contributed by atoms with Crippen LogP contribution >= 0.6 is 0 Å². The predicted molar refractivity (Wildman–Crippen MR) is 111 cm³/mol. The van der Waals surface area contributed by atoms with E-state index in [0.717, 1.165) is 29.0 Å². The van der Waals surface area contributed by atoms with Gasteiger partial charge in [-0.15, -0.1) is 0 Å². The van der Waals surface area contributed by atoms with Crippen LogP contribution in [0.4, 0.5) is 17.1 Å². The number of para-hydroxylation sites is 2. The molecular formula is C24H22N2O. The molecule has 0 saturated carbocycles. The normalized spacial score (nSPS) is 22.6. The summed E-state index contributed by atoms with van der Waals surface area (Å²) in [5, 5.41) is 17.6. The molecule has 3 N–H and O–H groups in total. The number of nitrogens with one attached hydrogen (secondary N) is 2. The molecule has 0 amide bonds. The molecule has 3 unspecified atom stereocenters. The zero-order valence-corrected chi connectivity index (χ0v) is 15.0. The summed E-state index contributed by atoms with van der Waals surface area (Å²) in [5.41, 5.74) is 5.64. The topological polar surface area (TPSA) is 44.3 Å². The first-order valence-corrected chi connectivity index (χ1v) is 9.47. The van der Waals surface area contributed by atoms with Gasteiger partial charge in [-0.25, -0.2) is 0 Å². The van der Waals surface area contributed by atoms with Crippen molar-refractivity contribution in [1.82, 2.24) is 0 Å². The average Bonchev–Trinajstić information content (AvgIpc) is 3.19. The van der Waals surface area contributed by atoms with Crippen molar-refractivity contribution in [3.63, 3.8) is 0 Å². The van der Waals surface area contributed by atoms with Gasteiger partial charge in [0.2, 0.25) is 0 Å². The third kappa shape index (κ3) is 2.85. The summed E-state index contributed by atoms with van der Waals surface area (Å²) in [6.45, 7) is 0. The van der Waals surface area contributed by atoms with E-state index in [-0.39, 0.29) is 6.04 Å². The molecule has 0 bridgehead atoms. The van der Waals surface area contributed by atoms with Gasteiger partial charge in [0, 0.05) is 28.5 Å². The Morgan fingerprint density at radius 1 is 0.852 bits per heavy atom. The first-order chi connectivity index (χ1) is 13.3. The molecule has 3 nitrogen and oxygen atoms in total. The van der Waals surface area contributed by atoms with Crippen LogP contribution in [0.25, 0.3) is 0 Å². The molecule has 134 valence electrons.